The first-order valence-electron chi connectivity index (χ1n) is 8.80. The van der Waals surface area contributed by atoms with Crippen molar-refractivity contribution in [1.82, 2.24) is 0 Å². The van der Waals surface area contributed by atoms with E-state index in [-0.39, 0.29) is 33.6 Å². The molecule has 0 heterocycles. The van der Waals surface area contributed by atoms with Gasteiger partial charge in [0.25, 0.3) is 0 Å². The fourth-order valence-electron chi connectivity index (χ4n) is 2.52. The average molecular weight is 406 g/mol. The van der Waals surface area contributed by atoms with Crippen molar-refractivity contribution in [3.8, 4) is 11.5 Å². The van der Waals surface area contributed by atoms with E-state index in [1.54, 1.807) is 12.1 Å². The molecule has 4 N–H and O–H groups in total. The van der Waals surface area contributed by atoms with Gasteiger partial charge in [-0.1, -0.05) is 36.4 Å². The molecule has 0 bridgehead atoms. The van der Waals surface area contributed by atoms with Gasteiger partial charge in [-0.05, 0) is 47.3 Å². The minimum absolute atomic E-state index is 0.0181. The normalized spacial score (nSPS) is 10.3. The maximum Gasteiger partial charge on any atom is 0.488 e. The molecule has 0 atom stereocenters. The fourth-order valence-corrected chi connectivity index (χ4v) is 2.52. The molecular weight excluding hydrogens is 390 g/mol. The zero-order chi connectivity index (χ0) is 21.7. The highest BCUT2D eigenvalue weighted by Gasteiger charge is 2.18. The third-order valence-electron chi connectivity index (χ3n) is 4.14. The molecule has 10 heteroatoms. The Morgan fingerprint density at radius 3 is 1.20 bits per heavy atom. The Bertz CT molecular complexity index is 949. The van der Waals surface area contributed by atoms with Gasteiger partial charge < -0.3 is 29.6 Å². The van der Waals surface area contributed by atoms with Crippen LogP contribution in [0.1, 0.15) is 20.7 Å². The summed E-state index contributed by atoms with van der Waals surface area (Å²) in [4.78, 5) is 24.7. The Morgan fingerprint density at radius 1 is 0.567 bits per heavy atom. The molecular formula is C20H16B2O8. The summed E-state index contributed by atoms with van der Waals surface area (Å²) in [6.45, 7) is 0. The van der Waals surface area contributed by atoms with Gasteiger partial charge in [0.2, 0.25) is 0 Å². The van der Waals surface area contributed by atoms with E-state index in [4.69, 9.17) is 29.6 Å². The Kier molecular flexibility index (Phi) is 6.65. The Morgan fingerprint density at radius 2 is 0.900 bits per heavy atom. The highest BCUT2D eigenvalue weighted by molar-refractivity contribution is 6.58. The molecule has 30 heavy (non-hydrogen) atoms. The van der Waals surface area contributed by atoms with Gasteiger partial charge in [-0.25, -0.2) is 9.59 Å². The maximum atomic E-state index is 12.4. The lowest BCUT2D eigenvalue weighted by Gasteiger charge is -2.11. The number of ether oxygens (including phenoxy) is 2. The van der Waals surface area contributed by atoms with E-state index >= 15 is 0 Å². The summed E-state index contributed by atoms with van der Waals surface area (Å²) in [6, 6.07) is 17.1. The third kappa shape index (κ3) is 5.13. The molecule has 150 valence electrons. The quantitative estimate of drug-likeness (QED) is 0.244. The van der Waals surface area contributed by atoms with Gasteiger partial charge in [-0.3, -0.25) is 0 Å². The predicted molar refractivity (Wildman–Crippen MR) is 109 cm³/mol. The highest BCUT2D eigenvalue weighted by atomic mass is 16.6. The van der Waals surface area contributed by atoms with Crippen molar-refractivity contribution >= 4 is 37.1 Å². The summed E-state index contributed by atoms with van der Waals surface area (Å²) in [5, 5.41) is 36.4. The van der Waals surface area contributed by atoms with Crippen LogP contribution in [0, 0.1) is 0 Å². The fraction of sp³-hybridized carbons (Fsp3) is 0. The van der Waals surface area contributed by atoms with Crippen LogP contribution in [-0.2, 0) is 0 Å². The zero-order valence-corrected chi connectivity index (χ0v) is 15.5. The second-order valence-corrected chi connectivity index (χ2v) is 6.22. The first-order chi connectivity index (χ1) is 14.3. The average Bonchev–Trinajstić information content (AvgIpc) is 2.75. The van der Waals surface area contributed by atoms with E-state index in [1.165, 1.54) is 60.7 Å². The van der Waals surface area contributed by atoms with E-state index in [2.05, 4.69) is 0 Å². The summed E-state index contributed by atoms with van der Waals surface area (Å²) in [6.07, 6.45) is 0. The molecule has 3 rings (SSSR count). The molecule has 0 unspecified atom stereocenters. The Labute approximate surface area is 172 Å². The summed E-state index contributed by atoms with van der Waals surface area (Å²) in [5.41, 5.74) is 0.776. The van der Waals surface area contributed by atoms with Gasteiger partial charge in [-0.15, -0.1) is 0 Å². The zero-order valence-electron chi connectivity index (χ0n) is 15.5. The summed E-state index contributed by atoms with van der Waals surface area (Å²) in [7, 11) is -3.30. The van der Waals surface area contributed by atoms with Gasteiger partial charge in [0.15, 0.2) is 11.5 Å². The third-order valence-corrected chi connectivity index (χ3v) is 4.14. The SMILES string of the molecule is O=C(Oc1ccccc1OC(=O)c1ccc(B(O)O)cc1)c1ccc(B(O)O)cc1. The molecule has 0 amide bonds. The second-order valence-electron chi connectivity index (χ2n) is 6.22. The number of hydrogen-bond donors (Lipinski definition) is 4. The number of rotatable bonds is 6. The molecule has 0 saturated heterocycles. The standard InChI is InChI=1S/C20H16B2O8/c23-19(13-5-9-15(10-6-13)21(25)26)29-17-3-1-2-4-18(17)30-20(24)14-7-11-16(12-8-14)22(27)28/h1-12,25-28H. The highest BCUT2D eigenvalue weighted by Crippen LogP contribution is 2.28. The van der Waals surface area contributed by atoms with Gasteiger partial charge >= 0.3 is 26.2 Å². The molecule has 0 fully saturated rings. The van der Waals surface area contributed by atoms with Gasteiger partial charge in [0.1, 0.15) is 0 Å². The van der Waals surface area contributed by atoms with Crippen LogP contribution >= 0.6 is 0 Å². The molecule has 0 aromatic heterocycles. The van der Waals surface area contributed by atoms with Gasteiger partial charge in [-0.2, -0.15) is 0 Å². The Hall–Kier alpha value is -3.43. The summed E-state index contributed by atoms with van der Waals surface area (Å²) >= 11 is 0. The van der Waals surface area contributed by atoms with Gasteiger partial charge in [0.05, 0.1) is 11.1 Å². The van der Waals surface area contributed by atoms with Crippen LogP contribution in [0.3, 0.4) is 0 Å². The molecule has 0 aliphatic carbocycles. The number of hydrogen-bond acceptors (Lipinski definition) is 8. The van der Waals surface area contributed by atoms with Gasteiger partial charge in [0, 0.05) is 0 Å². The van der Waals surface area contributed by atoms with Crippen LogP contribution in [0.25, 0.3) is 0 Å². The van der Waals surface area contributed by atoms with Crippen molar-refractivity contribution < 1.29 is 39.2 Å². The van der Waals surface area contributed by atoms with E-state index in [9.17, 15) is 9.59 Å². The lowest BCUT2D eigenvalue weighted by Crippen LogP contribution is -2.29. The van der Waals surface area contributed by atoms with E-state index in [0.29, 0.717) is 0 Å². The van der Waals surface area contributed by atoms with Crippen molar-refractivity contribution in [1.29, 1.82) is 0 Å². The van der Waals surface area contributed by atoms with Crippen LogP contribution in [0.5, 0.6) is 11.5 Å². The summed E-state index contributed by atoms with van der Waals surface area (Å²) in [5.74, 6) is -1.41. The lowest BCUT2D eigenvalue weighted by molar-refractivity contribution is 0.0682. The predicted octanol–water partition coefficient (Wildman–Crippen LogP) is -0.515. The number of carbonyl (C=O) groups excluding carboxylic acids is 2. The van der Waals surface area contributed by atoms with Crippen molar-refractivity contribution in [2.75, 3.05) is 0 Å². The number of para-hydroxylation sites is 2. The van der Waals surface area contributed by atoms with Crippen LogP contribution in [-0.4, -0.2) is 46.3 Å². The van der Waals surface area contributed by atoms with E-state index < -0.39 is 26.2 Å². The van der Waals surface area contributed by atoms with Crippen LogP contribution in [0.15, 0.2) is 72.8 Å². The molecule has 0 spiro atoms. The molecule has 3 aromatic carbocycles. The first kappa shape index (κ1) is 21.3. The minimum atomic E-state index is -1.65. The van der Waals surface area contributed by atoms with E-state index in [0.717, 1.165) is 0 Å². The number of benzene rings is 3. The molecule has 0 saturated carbocycles. The second kappa shape index (κ2) is 9.38. The lowest BCUT2D eigenvalue weighted by atomic mass is 9.80. The maximum absolute atomic E-state index is 12.4. The smallest absolute Gasteiger partial charge is 0.423 e. The van der Waals surface area contributed by atoms with Crippen molar-refractivity contribution in [2.24, 2.45) is 0 Å². The number of carbonyl (C=O) groups is 2. The largest absolute Gasteiger partial charge is 0.488 e. The van der Waals surface area contributed by atoms with Crippen LogP contribution < -0.4 is 20.4 Å². The first-order valence-corrected chi connectivity index (χ1v) is 8.80. The van der Waals surface area contributed by atoms with Crippen LogP contribution in [0.4, 0.5) is 0 Å². The molecule has 0 radical (unpaired) electrons. The number of esters is 2. The van der Waals surface area contributed by atoms with E-state index in [1.807, 2.05) is 0 Å². The van der Waals surface area contributed by atoms with Crippen molar-refractivity contribution in [3.63, 3.8) is 0 Å². The van der Waals surface area contributed by atoms with Crippen LogP contribution in [0.2, 0.25) is 0 Å². The molecule has 8 nitrogen and oxygen atoms in total. The van der Waals surface area contributed by atoms with Crippen molar-refractivity contribution in [3.05, 3.63) is 83.9 Å². The summed E-state index contributed by atoms with van der Waals surface area (Å²) < 4.78 is 10.6. The molecule has 0 aliphatic heterocycles. The molecule has 3 aromatic rings. The molecule has 0 aliphatic rings. The minimum Gasteiger partial charge on any atom is -0.423 e. The van der Waals surface area contributed by atoms with Crippen molar-refractivity contribution in [2.45, 2.75) is 0 Å². The Balaban J connectivity index is 1.73. The monoisotopic (exact) mass is 406 g/mol. The topological polar surface area (TPSA) is 134 Å².